The largest absolute Gasteiger partial charge is 0.355 e. The summed E-state index contributed by atoms with van der Waals surface area (Å²) < 4.78 is 27.3. The molecule has 10 heteroatoms. The van der Waals surface area contributed by atoms with Gasteiger partial charge >= 0.3 is 0 Å². The van der Waals surface area contributed by atoms with E-state index >= 15 is 0 Å². The van der Waals surface area contributed by atoms with Crippen molar-refractivity contribution < 1.29 is 18.4 Å². The van der Waals surface area contributed by atoms with Crippen LogP contribution in [0.25, 0.3) is 11.3 Å². The summed E-state index contributed by atoms with van der Waals surface area (Å²) in [5, 5.41) is 7.55. The van der Waals surface area contributed by atoms with Crippen molar-refractivity contribution in [2.24, 2.45) is 5.92 Å². The second kappa shape index (κ2) is 10.7. The minimum absolute atomic E-state index is 0.0224. The Morgan fingerprint density at radius 2 is 1.74 bits per heavy atom. The van der Waals surface area contributed by atoms with E-state index in [1.54, 1.807) is 5.38 Å². The highest BCUT2D eigenvalue weighted by Crippen LogP contribution is 2.27. The van der Waals surface area contributed by atoms with Crippen LogP contribution in [0, 0.1) is 17.6 Å². The van der Waals surface area contributed by atoms with Crippen LogP contribution >= 0.6 is 11.3 Å². The van der Waals surface area contributed by atoms with Gasteiger partial charge in [0.25, 0.3) is 0 Å². The molecule has 1 aromatic heterocycles. The van der Waals surface area contributed by atoms with E-state index in [9.17, 15) is 18.4 Å². The van der Waals surface area contributed by atoms with E-state index in [0.717, 1.165) is 29.5 Å². The zero-order chi connectivity index (χ0) is 22.4. The standard InChI is InChI=1S/C21H27F2N5O2S/c1-14(2)10-24-19(29)11-27-5-7-28(8-6-27)12-20(30)26-21-25-18(13-31-21)16-9-15(22)3-4-17(16)23/h3-4,9,13-14H,5-8,10-12H2,1-2H3,(H,24,29)(H,25,26,30). The Labute approximate surface area is 184 Å². The lowest BCUT2D eigenvalue weighted by atomic mass is 10.1. The number of aromatic nitrogens is 1. The third-order valence-corrected chi connectivity index (χ3v) is 5.62. The second-order valence-corrected chi connectivity index (χ2v) is 8.82. The van der Waals surface area contributed by atoms with Gasteiger partial charge in [-0.3, -0.25) is 19.4 Å². The number of nitrogens with zero attached hydrogens (tertiary/aromatic N) is 3. The lowest BCUT2D eigenvalue weighted by molar-refractivity contribution is -0.123. The predicted octanol–water partition coefficient (Wildman–Crippen LogP) is 2.42. The molecule has 2 heterocycles. The number of hydrogen-bond donors (Lipinski definition) is 2. The van der Waals surface area contributed by atoms with Gasteiger partial charge in [0.2, 0.25) is 11.8 Å². The molecule has 31 heavy (non-hydrogen) atoms. The summed E-state index contributed by atoms with van der Waals surface area (Å²) in [4.78, 5) is 32.6. The number of carbonyl (C=O) groups is 2. The van der Waals surface area contributed by atoms with Crippen LogP contribution in [0.1, 0.15) is 13.8 Å². The Hall–Kier alpha value is -2.43. The first-order valence-electron chi connectivity index (χ1n) is 10.2. The van der Waals surface area contributed by atoms with Gasteiger partial charge in [-0.25, -0.2) is 13.8 Å². The Morgan fingerprint density at radius 1 is 1.10 bits per heavy atom. The minimum atomic E-state index is -0.569. The molecule has 7 nitrogen and oxygen atoms in total. The molecule has 1 aliphatic heterocycles. The first kappa shape index (κ1) is 23.2. The monoisotopic (exact) mass is 451 g/mol. The summed E-state index contributed by atoms with van der Waals surface area (Å²) in [6.07, 6.45) is 0. The lowest BCUT2D eigenvalue weighted by Crippen LogP contribution is -2.51. The molecule has 2 aromatic rings. The Balaban J connectivity index is 1.43. The van der Waals surface area contributed by atoms with E-state index in [1.807, 2.05) is 4.90 Å². The molecular formula is C21H27F2N5O2S. The Morgan fingerprint density at radius 3 is 2.39 bits per heavy atom. The minimum Gasteiger partial charge on any atom is -0.355 e. The van der Waals surface area contributed by atoms with Crippen molar-refractivity contribution in [2.75, 3.05) is 51.1 Å². The van der Waals surface area contributed by atoms with Crippen LogP contribution in [-0.2, 0) is 9.59 Å². The van der Waals surface area contributed by atoms with Gasteiger partial charge < -0.3 is 10.6 Å². The average Bonchev–Trinajstić information content (AvgIpc) is 3.17. The van der Waals surface area contributed by atoms with Gasteiger partial charge in [0.15, 0.2) is 5.13 Å². The van der Waals surface area contributed by atoms with E-state index in [-0.39, 0.29) is 29.6 Å². The summed E-state index contributed by atoms with van der Waals surface area (Å²) in [6, 6.07) is 3.18. The number of anilines is 1. The zero-order valence-corrected chi connectivity index (χ0v) is 18.5. The molecule has 1 aliphatic rings. The third kappa shape index (κ3) is 7.05. The van der Waals surface area contributed by atoms with E-state index in [2.05, 4.69) is 34.4 Å². The average molecular weight is 452 g/mol. The van der Waals surface area contributed by atoms with Crippen molar-refractivity contribution in [3.63, 3.8) is 0 Å². The van der Waals surface area contributed by atoms with E-state index in [0.29, 0.717) is 50.3 Å². The molecule has 2 amide bonds. The van der Waals surface area contributed by atoms with Crippen LogP contribution < -0.4 is 10.6 Å². The normalized spacial score (nSPS) is 15.3. The number of amides is 2. The quantitative estimate of drug-likeness (QED) is 0.645. The van der Waals surface area contributed by atoms with Gasteiger partial charge in [-0.1, -0.05) is 13.8 Å². The first-order valence-corrected chi connectivity index (χ1v) is 11.1. The Bertz CT molecular complexity index is 913. The number of piperazine rings is 1. The van der Waals surface area contributed by atoms with Crippen molar-refractivity contribution in [1.82, 2.24) is 20.1 Å². The summed E-state index contributed by atoms with van der Waals surface area (Å²) in [7, 11) is 0. The van der Waals surface area contributed by atoms with Gasteiger partial charge in [-0.05, 0) is 24.1 Å². The SMILES string of the molecule is CC(C)CNC(=O)CN1CCN(CC(=O)Nc2nc(-c3cc(F)ccc3F)cs2)CC1. The molecule has 3 rings (SSSR count). The second-order valence-electron chi connectivity index (χ2n) is 7.96. The van der Waals surface area contributed by atoms with Gasteiger partial charge in [-0.2, -0.15) is 0 Å². The van der Waals surface area contributed by atoms with Gasteiger partial charge in [0.05, 0.1) is 18.8 Å². The molecule has 0 aliphatic carbocycles. The molecule has 1 fully saturated rings. The number of benzene rings is 1. The smallest absolute Gasteiger partial charge is 0.240 e. The van der Waals surface area contributed by atoms with Crippen molar-refractivity contribution in [3.05, 3.63) is 35.2 Å². The number of hydrogen-bond acceptors (Lipinski definition) is 6. The topological polar surface area (TPSA) is 77.6 Å². The van der Waals surface area contributed by atoms with Crippen LogP contribution in [0.5, 0.6) is 0 Å². The van der Waals surface area contributed by atoms with Gasteiger partial charge in [0.1, 0.15) is 11.6 Å². The highest BCUT2D eigenvalue weighted by atomic mass is 32.1. The van der Waals surface area contributed by atoms with E-state index in [1.165, 1.54) is 0 Å². The van der Waals surface area contributed by atoms with Crippen LogP contribution in [0.15, 0.2) is 23.6 Å². The van der Waals surface area contributed by atoms with Crippen LogP contribution in [-0.4, -0.2) is 72.4 Å². The fraction of sp³-hybridized carbons (Fsp3) is 0.476. The van der Waals surface area contributed by atoms with Crippen LogP contribution in [0.4, 0.5) is 13.9 Å². The maximum absolute atomic E-state index is 13.9. The molecule has 1 saturated heterocycles. The Kier molecular flexibility index (Phi) is 8.05. The van der Waals surface area contributed by atoms with Crippen molar-refractivity contribution in [1.29, 1.82) is 0 Å². The number of carbonyl (C=O) groups excluding carboxylic acids is 2. The van der Waals surface area contributed by atoms with Crippen molar-refractivity contribution >= 4 is 28.3 Å². The highest BCUT2D eigenvalue weighted by molar-refractivity contribution is 7.14. The van der Waals surface area contributed by atoms with Crippen LogP contribution in [0.3, 0.4) is 0 Å². The zero-order valence-electron chi connectivity index (χ0n) is 17.7. The van der Waals surface area contributed by atoms with Crippen LogP contribution in [0.2, 0.25) is 0 Å². The molecule has 168 valence electrons. The van der Waals surface area contributed by atoms with E-state index in [4.69, 9.17) is 0 Å². The predicted molar refractivity (Wildman–Crippen MR) is 117 cm³/mol. The summed E-state index contributed by atoms with van der Waals surface area (Å²) in [5.41, 5.74) is 0.340. The summed E-state index contributed by atoms with van der Waals surface area (Å²) >= 11 is 1.16. The van der Waals surface area contributed by atoms with Gasteiger partial charge in [-0.15, -0.1) is 11.3 Å². The number of nitrogens with one attached hydrogen (secondary N) is 2. The molecule has 2 N–H and O–H groups in total. The fourth-order valence-corrected chi connectivity index (χ4v) is 3.92. The third-order valence-electron chi connectivity index (χ3n) is 4.86. The van der Waals surface area contributed by atoms with E-state index < -0.39 is 11.6 Å². The molecule has 0 saturated carbocycles. The number of halogens is 2. The highest BCUT2D eigenvalue weighted by Gasteiger charge is 2.21. The molecule has 0 spiro atoms. The number of rotatable bonds is 8. The molecule has 0 radical (unpaired) electrons. The maximum atomic E-state index is 13.9. The summed E-state index contributed by atoms with van der Waals surface area (Å²) in [6.45, 7) is 8.13. The molecule has 0 unspecified atom stereocenters. The molecule has 0 atom stereocenters. The van der Waals surface area contributed by atoms with Crippen molar-refractivity contribution in [2.45, 2.75) is 13.8 Å². The molecular weight excluding hydrogens is 424 g/mol. The number of thiazole rings is 1. The lowest BCUT2D eigenvalue weighted by Gasteiger charge is -2.33. The van der Waals surface area contributed by atoms with Gasteiger partial charge in [0, 0.05) is 43.7 Å². The molecule has 0 bridgehead atoms. The van der Waals surface area contributed by atoms with Crippen molar-refractivity contribution in [3.8, 4) is 11.3 Å². The summed E-state index contributed by atoms with van der Waals surface area (Å²) in [5.74, 6) is -0.897. The fourth-order valence-electron chi connectivity index (χ4n) is 3.19. The maximum Gasteiger partial charge on any atom is 0.240 e. The first-order chi connectivity index (χ1) is 14.8. The molecule has 1 aromatic carbocycles.